The van der Waals surface area contributed by atoms with Crippen molar-refractivity contribution in [3.05, 3.63) is 91.0 Å². The second-order valence-corrected chi connectivity index (χ2v) is 6.71. The number of ether oxygens (including phenoxy) is 1. The van der Waals surface area contributed by atoms with Gasteiger partial charge in [0, 0.05) is 21.8 Å². The highest BCUT2D eigenvalue weighted by Gasteiger charge is 2.13. The average molecular weight is 349 g/mol. The summed E-state index contributed by atoms with van der Waals surface area (Å²) in [5, 5.41) is 2.51. The van der Waals surface area contributed by atoms with E-state index in [2.05, 4.69) is 83.8 Å². The van der Waals surface area contributed by atoms with Crippen molar-refractivity contribution in [1.82, 2.24) is 4.98 Å². The van der Waals surface area contributed by atoms with Crippen LogP contribution in [0.1, 0.15) is 0 Å². The Labute approximate surface area is 158 Å². The van der Waals surface area contributed by atoms with Crippen LogP contribution in [0.5, 0.6) is 5.75 Å². The van der Waals surface area contributed by atoms with Crippen LogP contribution in [0, 0.1) is 0 Å². The van der Waals surface area contributed by atoms with Crippen LogP contribution in [0.4, 0.5) is 0 Å². The van der Waals surface area contributed by atoms with Crippen molar-refractivity contribution in [2.75, 3.05) is 7.11 Å². The molecule has 0 aliphatic carbocycles. The van der Waals surface area contributed by atoms with Gasteiger partial charge in [-0.25, -0.2) is 0 Å². The number of aromatic amines is 1. The van der Waals surface area contributed by atoms with Gasteiger partial charge in [-0.05, 0) is 52.6 Å². The zero-order chi connectivity index (χ0) is 18.2. The SMILES string of the molecule is COc1ccc(-c2cc(-c3ccccc3)cc3[nH]c4ccccc4c23)cc1. The molecular weight excluding hydrogens is 330 g/mol. The molecule has 2 nitrogen and oxygen atoms in total. The lowest BCUT2D eigenvalue weighted by Crippen LogP contribution is -1.86. The van der Waals surface area contributed by atoms with Crippen molar-refractivity contribution in [1.29, 1.82) is 0 Å². The van der Waals surface area contributed by atoms with Crippen molar-refractivity contribution in [2.45, 2.75) is 0 Å². The minimum atomic E-state index is 0.869. The Morgan fingerprint density at radius 2 is 1.37 bits per heavy atom. The van der Waals surface area contributed by atoms with E-state index >= 15 is 0 Å². The minimum absolute atomic E-state index is 0.869. The van der Waals surface area contributed by atoms with Crippen LogP contribution < -0.4 is 4.74 Å². The van der Waals surface area contributed by atoms with Crippen LogP contribution in [-0.4, -0.2) is 12.1 Å². The number of para-hydroxylation sites is 1. The van der Waals surface area contributed by atoms with Crippen molar-refractivity contribution >= 4 is 21.8 Å². The van der Waals surface area contributed by atoms with E-state index < -0.39 is 0 Å². The lowest BCUT2D eigenvalue weighted by Gasteiger charge is -2.10. The maximum atomic E-state index is 5.33. The first-order chi connectivity index (χ1) is 13.3. The summed E-state index contributed by atoms with van der Waals surface area (Å²) in [4.78, 5) is 3.60. The molecule has 5 rings (SSSR count). The summed E-state index contributed by atoms with van der Waals surface area (Å²) < 4.78 is 5.33. The third-order valence-electron chi connectivity index (χ3n) is 5.11. The van der Waals surface area contributed by atoms with E-state index in [1.54, 1.807) is 7.11 Å². The second-order valence-electron chi connectivity index (χ2n) is 6.71. The molecule has 0 saturated carbocycles. The molecule has 0 aliphatic heterocycles. The van der Waals surface area contributed by atoms with Crippen molar-refractivity contribution in [3.8, 4) is 28.0 Å². The fourth-order valence-corrected chi connectivity index (χ4v) is 3.78. The van der Waals surface area contributed by atoms with Crippen molar-refractivity contribution in [2.24, 2.45) is 0 Å². The molecule has 130 valence electrons. The molecule has 27 heavy (non-hydrogen) atoms. The number of fused-ring (bicyclic) bond motifs is 3. The summed E-state index contributed by atoms with van der Waals surface area (Å²) >= 11 is 0. The van der Waals surface area contributed by atoms with Gasteiger partial charge in [-0.2, -0.15) is 0 Å². The van der Waals surface area contributed by atoms with E-state index in [9.17, 15) is 0 Å². The standard InChI is InChI=1S/C25H19NO/c1-27-20-13-11-18(12-14-20)22-15-19(17-7-3-2-4-8-17)16-24-25(22)21-9-5-6-10-23(21)26-24/h2-16,26H,1H3. The van der Waals surface area contributed by atoms with Gasteiger partial charge in [0.1, 0.15) is 5.75 Å². The Morgan fingerprint density at radius 1 is 0.630 bits per heavy atom. The highest BCUT2D eigenvalue weighted by atomic mass is 16.5. The zero-order valence-corrected chi connectivity index (χ0v) is 15.1. The van der Waals surface area contributed by atoms with Crippen LogP contribution in [0.15, 0.2) is 91.0 Å². The fraction of sp³-hybridized carbons (Fsp3) is 0.0400. The monoisotopic (exact) mass is 349 g/mol. The Morgan fingerprint density at radius 3 is 2.15 bits per heavy atom. The number of benzene rings is 4. The normalized spacial score (nSPS) is 11.1. The molecular formula is C25H19NO. The van der Waals surface area contributed by atoms with E-state index in [1.165, 1.54) is 33.0 Å². The molecule has 0 bridgehead atoms. The molecule has 2 heteroatoms. The zero-order valence-electron chi connectivity index (χ0n) is 15.1. The molecule has 0 aliphatic rings. The third-order valence-corrected chi connectivity index (χ3v) is 5.11. The fourth-order valence-electron chi connectivity index (χ4n) is 3.78. The van der Waals surface area contributed by atoms with Gasteiger partial charge in [-0.1, -0.05) is 60.7 Å². The van der Waals surface area contributed by atoms with E-state index in [-0.39, 0.29) is 0 Å². The maximum absolute atomic E-state index is 5.33. The Kier molecular flexibility index (Phi) is 3.68. The van der Waals surface area contributed by atoms with E-state index in [0.29, 0.717) is 0 Å². The number of H-pyrrole nitrogens is 1. The Hall–Kier alpha value is -3.52. The quantitative estimate of drug-likeness (QED) is 0.387. The molecule has 1 heterocycles. The summed E-state index contributed by atoms with van der Waals surface area (Å²) in [6.45, 7) is 0. The largest absolute Gasteiger partial charge is 0.497 e. The first kappa shape index (κ1) is 15.7. The molecule has 0 saturated heterocycles. The summed E-state index contributed by atoms with van der Waals surface area (Å²) in [6.07, 6.45) is 0. The highest BCUT2D eigenvalue weighted by Crippen LogP contribution is 2.38. The Balaban J connectivity index is 1.84. The van der Waals surface area contributed by atoms with Gasteiger partial charge in [0.15, 0.2) is 0 Å². The lowest BCUT2D eigenvalue weighted by molar-refractivity contribution is 0.415. The molecule has 0 spiro atoms. The molecule has 4 aromatic carbocycles. The van der Waals surface area contributed by atoms with Gasteiger partial charge in [0.25, 0.3) is 0 Å². The molecule has 1 N–H and O–H groups in total. The molecule has 0 unspecified atom stereocenters. The summed E-state index contributed by atoms with van der Waals surface area (Å²) in [5.74, 6) is 0.869. The van der Waals surface area contributed by atoms with Crippen molar-refractivity contribution in [3.63, 3.8) is 0 Å². The molecule has 0 radical (unpaired) electrons. The number of aromatic nitrogens is 1. The predicted octanol–water partition coefficient (Wildman–Crippen LogP) is 6.66. The number of nitrogens with one attached hydrogen (secondary N) is 1. The molecule has 5 aromatic rings. The summed E-state index contributed by atoms with van der Waals surface area (Å²) in [7, 11) is 1.70. The van der Waals surface area contributed by atoms with Crippen LogP contribution in [0.2, 0.25) is 0 Å². The number of hydrogen-bond acceptors (Lipinski definition) is 1. The summed E-state index contributed by atoms with van der Waals surface area (Å²) in [5.41, 5.74) is 7.15. The second kappa shape index (κ2) is 6.33. The third kappa shape index (κ3) is 2.67. The van der Waals surface area contributed by atoms with Gasteiger partial charge in [-0.15, -0.1) is 0 Å². The number of hydrogen-bond donors (Lipinski definition) is 1. The molecule has 0 amide bonds. The van der Waals surface area contributed by atoms with Gasteiger partial charge in [-0.3, -0.25) is 0 Å². The van der Waals surface area contributed by atoms with E-state index in [0.717, 1.165) is 16.8 Å². The minimum Gasteiger partial charge on any atom is -0.497 e. The predicted molar refractivity (Wildman–Crippen MR) is 113 cm³/mol. The van der Waals surface area contributed by atoms with E-state index in [4.69, 9.17) is 4.74 Å². The van der Waals surface area contributed by atoms with Crippen LogP contribution >= 0.6 is 0 Å². The maximum Gasteiger partial charge on any atom is 0.118 e. The molecule has 1 aromatic heterocycles. The smallest absolute Gasteiger partial charge is 0.118 e. The summed E-state index contributed by atoms with van der Waals surface area (Å²) in [6, 6.07) is 31.8. The van der Waals surface area contributed by atoms with Gasteiger partial charge < -0.3 is 9.72 Å². The number of rotatable bonds is 3. The van der Waals surface area contributed by atoms with Crippen LogP contribution in [0.25, 0.3) is 44.1 Å². The van der Waals surface area contributed by atoms with Gasteiger partial charge >= 0.3 is 0 Å². The van der Waals surface area contributed by atoms with E-state index in [1.807, 2.05) is 12.1 Å². The molecule has 0 atom stereocenters. The van der Waals surface area contributed by atoms with Gasteiger partial charge in [0.05, 0.1) is 7.11 Å². The Bertz CT molecular complexity index is 1230. The van der Waals surface area contributed by atoms with Crippen LogP contribution in [-0.2, 0) is 0 Å². The topological polar surface area (TPSA) is 25.0 Å². The first-order valence-corrected chi connectivity index (χ1v) is 9.08. The lowest BCUT2D eigenvalue weighted by atomic mass is 9.94. The van der Waals surface area contributed by atoms with Gasteiger partial charge in [0.2, 0.25) is 0 Å². The van der Waals surface area contributed by atoms with Crippen molar-refractivity contribution < 1.29 is 4.74 Å². The molecule has 0 fully saturated rings. The highest BCUT2D eigenvalue weighted by molar-refractivity contribution is 6.15. The first-order valence-electron chi connectivity index (χ1n) is 9.08. The van der Waals surface area contributed by atoms with Crippen LogP contribution in [0.3, 0.4) is 0 Å². The average Bonchev–Trinajstić information content (AvgIpc) is 3.12. The number of methoxy groups -OCH3 is 1.